The zero-order valence-electron chi connectivity index (χ0n) is 16.5. The van der Waals surface area contributed by atoms with Crippen molar-refractivity contribution < 1.29 is 23.4 Å². The van der Waals surface area contributed by atoms with Crippen molar-refractivity contribution in [3.8, 4) is 0 Å². The van der Waals surface area contributed by atoms with Gasteiger partial charge in [0.25, 0.3) is 0 Å². The first-order valence-corrected chi connectivity index (χ1v) is 9.99. The lowest BCUT2D eigenvalue weighted by Gasteiger charge is -2.22. The van der Waals surface area contributed by atoms with E-state index in [1.54, 1.807) is 0 Å². The number of fused-ring (bicyclic) bond motifs is 1. The predicted molar refractivity (Wildman–Crippen MR) is 106 cm³/mol. The Labute approximate surface area is 169 Å². The summed E-state index contributed by atoms with van der Waals surface area (Å²) in [6.07, 6.45) is -3.95. The number of alkyl halides is 3. The quantitative estimate of drug-likeness (QED) is 0.791. The third-order valence-corrected chi connectivity index (χ3v) is 5.77. The lowest BCUT2D eigenvalue weighted by Crippen LogP contribution is -2.28. The van der Waals surface area contributed by atoms with Crippen LogP contribution in [0.5, 0.6) is 0 Å². The molecule has 0 aromatic heterocycles. The molecule has 2 fully saturated rings. The molecule has 6 heteroatoms. The van der Waals surface area contributed by atoms with E-state index in [0.29, 0.717) is 23.9 Å². The van der Waals surface area contributed by atoms with E-state index in [1.165, 1.54) is 17.7 Å². The Morgan fingerprint density at radius 2 is 1.62 bits per heavy atom. The molecular weight excluding hydrogens is 379 g/mol. The third-order valence-electron chi connectivity index (χ3n) is 5.77. The second-order valence-corrected chi connectivity index (χ2v) is 8.16. The predicted octanol–water partition coefficient (Wildman–Crippen LogP) is 4.44. The molecule has 1 saturated carbocycles. The number of hydrogen-bond donors (Lipinski definition) is 2. The summed E-state index contributed by atoms with van der Waals surface area (Å²) >= 11 is 0. The van der Waals surface area contributed by atoms with Gasteiger partial charge in [0.15, 0.2) is 0 Å². The Bertz CT molecular complexity index is 767. The van der Waals surface area contributed by atoms with Gasteiger partial charge in [-0.25, -0.2) is 0 Å². The second-order valence-electron chi connectivity index (χ2n) is 8.16. The second kappa shape index (κ2) is 9.28. The van der Waals surface area contributed by atoms with Crippen LogP contribution in [0.1, 0.15) is 35.6 Å². The topological polar surface area (TPSA) is 43.7 Å². The average molecular weight is 407 g/mol. The normalized spacial score (nSPS) is 25.2. The maximum absolute atomic E-state index is 12.7. The molecule has 1 heterocycles. The molecule has 2 aliphatic rings. The van der Waals surface area contributed by atoms with Crippen molar-refractivity contribution >= 4 is 0 Å². The van der Waals surface area contributed by atoms with Gasteiger partial charge in [-0.3, -0.25) is 4.90 Å². The molecule has 0 amide bonds. The van der Waals surface area contributed by atoms with Crippen LogP contribution in [0, 0.1) is 18.8 Å². The summed E-state index contributed by atoms with van der Waals surface area (Å²) < 4.78 is 38.1. The van der Waals surface area contributed by atoms with Gasteiger partial charge in [0.1, 0.15) is 0 Å². The molecule has 0 radical (unpaired) electrons. The smallest absolute Gasteiger partial charge is 0.393 e. The standard InChI is InChI=1S/C16H20F3NO2.C7H8/c17-16(18,19)13-3-1-2-10(4-13)15(22)9-20-7-11-5-14(21)6-12(11)8-20;1-7-5-3-2-4-6-7/h1-4,11-12,14-15,21-22H,5-9H2;2-6H,1H3/t11-,12+,14?,15?;. The van der Waals surface area contributed by atoms with E-state index in [0.717, 1.165) is 38.1 Å². The largest absolute Gasteiger partial charge is 0.416 e. The van der Waals surface area contributed by atoms with Crippen molar-refractivity contribution in [2.24, 2.45) is 11.8 Å². The van der Waals surface area contributed by atoms with Gasteiger partial charge in [0, 0.05) is 19.6 Å². The van der Waals surface area contributed by atoms with Crippen LogP contribution < -0.4 is 0 Å². The fraction of sp³-hybridized carbons (Fsp3) is 0.478. The molecule has 0 spiro atoms. The van der Waals surface area contributed by atoms with Gasteiger partial charge in [-0.05, 0) is 49.3 Å². The Kier molecular flexibility index (Phi) is 6.98. The van der Waals surface area contributed by atoms with Gasteiger partial charge in [-0.15, -0.1) is 0 Å². The van der Waals surface area contributed by atoms with Crippen LogP contribution in [0.2, 0.25) is 0 Å². The molecule has 158 valence electrons. The van der Waals surface area contributed by atoms with Crippen LogP contribution in [-0.2, 0) is 6.18 Å². The summed E-state index contributed by atoms with van der Waals surface area (Å²) in [5.74, 6) is 0.896. The highest BCUT2D eigenvalue weighted by molar-refractivity contribution is 5.27. The Morgan fingerprint density at radius 3 is 2.14 bits per heavy atom. The maximum atomic E-state index is 12.7. The van der Waals surface area contributed by atoms with E-state index in [9.17, 15) is 23.4 Å². The van der Waals surface area contributed by atoms with Crippen LogP contribution in [-0.4, -0.2) is 40.9 Å². The average Bonchev–Trinajstić information content (AvgIpc) is 3.19. The first-order chi connectivity index (χ1) is 13.7. The van der Waals surface area contributed by atoms with E-state index >= 15 is 0 Å². The molecular formula is C23H28F3NO2. The van der Waals surface area contributed by atoms with E-state index in [4.69, 9.17) is 0 Å². The molecule has 2 unspecified atom stereocenters. The molecule has 2 aromatic rings. The summed E-state index contributed by atoms with van der Waals surface area (Å²) in [7, 11) is 0. The molecule has 4 atom stereocenters. The molecule has 1 aliphatic heterocycles. The maximum Gasteiger partial charge on any atom is 0.416 e. The summed E-state index contributed by atoms with van der Waals surface area (Å²) in [6, 6.07) is 15.2. The van der Waals surface area contributed by atoms with Gasteiger partial charge in [0.2, 0.25) is 0 Å². The van der Waals surface area contributed by atoms with Gasteiger partial charge in [-0.1, -0.05) is 48.0 Å². The highest BCUT2D eigenvalue weighted by atomic mass is 19.4. The van der Waals surface area contributed by atoms with E-state index in [-0.39, 0.29) is 6.10 Å². The van der Waals surface area contributed by atoms with Gasteiger partial charge >= 0.3 is 6.18 Å². The van der Waals surface area contributed by atoms with Crippen molar-refractivity contribution in [1.82, 2.24) is 4.90 Å². The molecule has 0 bridgehead atoms. The van der Waals surface area contributed by atoms with Crippen molar-refractivity contribution in [2.45, 2.75) is 38.1 Å². The van der Waals surface area contributed by atoms with Gasteiger partial charge < -0.3 is 10.2 Å². The molecule has 4 rings (SSSR count). The molecule has 2 N–H and O–H groups in total. The number of benzene rings is 2. The first-order valence-electron chi connectivity index (χ1n) is 9.99. The zero-order valence-corrected chi connectivity index (χ0v) is 16.5. The molecule has 2 aromatic carbocycles. The van der Waals surface area contributed by atoms with Crippen LogP contribution in [0.25, 0.3) is 0 Å². The molecule has 1 aliphatic carbocycles. The SMILES string of the molecule is Cc1ccccc1.OC1C[C@@H]2CN(CC(O)c3cccc(C(F)(F)F)c3)C[C@@H]2C1. The Balaban J connectivity index is 0.000000290. The highest BCUT2D eigenvalue weighted by Gasteiger charge is 2.40. The van der Waals surface area contributed by atoms with Crippen LogP contribution in [0.15, 0.2) is 54.6 Å². The van der Waals surface area contributed by atoms with Gasteiger partial charge in [-0.2, -0.15) is 13.2 Å². The lowest BCUT2D eigenvalue weighted by molar-refractivity contribution is -0.137. The summed E-state index contributed by atoms with van der Waals surface area (Å²) in [4.78, 5) is 2.09. The Hall–Kier alpha value is -1.89. The minimum atomic E-state index is -4.39. The van der Waals surface area contributed by atoms with Crippen molar-refractivity contribution in [3.63, 3.8) is 0 Å². The number of hydrogen-bond acceptors (Lipinski definition) is 3. The number of rotatable bonds is 3. The number of aliphatic hydroxyl groups excluding tert-OH is 2. The summed E-state index contributed by atoms with van der Waals surface area (Å²) in [5, 5.41) is 19.8. The molecule has 29 heavy (non-hydrogen) atoms. The number of halogens is 3. The van der Waals surface area contributed by atoms with Crippen LogP contribution in [0.4, 0.5) is 13.2 Å². The summed E-state index contributed by atoms with van der Waals surface area (Å²) in [6.45, 7) is 4.03. The third kappa shape index (κ3) is 6.04. The number of likely N-dealkylation sites (tertiary alicyclic amines) is 1. The Morgan fingerprint density at radius 1 is 1.00 bits per heavy atom. The fourth-order valence-electron chi connectivity index (χ4n) is 4.32. The number of nitrogens with zero attached hydrogens (tertiary/aromatic N) is 1. The minimum absolute atomic E-state index is 0.217. The highest BCUT2D eigenvalue weighted by Crippen LogP contribution is 2.38. The van der Waals surface area contributed by atoms with Crippen molar-refractivity contribution in [2.75, 3.05) is 19.6 Å². The first kappa shape index (κ1) is 21.8. The van der Waals surface area contributed by atoms with E-state index in [2.05, 4.69) is 24.0 Å². The van der Waals surface area contributed by atoms with Crippen LogP contribution in [0.3, 0.4) is 0 Å². The van der Waals surface area contributed by atoms with E-state index in [1.807, 2.05) is 18.2 Å². The monoisotopic (exact) mass is 407 g/mol. The number of β-amino-alcohol motifs (C(OH)–C–C–N with tert-alkyl or cyclic N) is 1. The summed E-state index contributed by atoms with van der Waals surface area (Å²) in [5.41, 5.74) is 0.889. The van der Waals surface area contributed by atoms with Crippen LogP contribution >= 0.6 is 0 Å². The van der Waals surface area contributed by atoms with E-state index < -0.39 is 17.8 Å². The molecule has 3 nitrogen and oxygen atoms in total. The zero-order chi connectivity index (χ0) is 21.0. The van der Waals surface area contributed by atoms with Gasteiger partial charge in [0.05, 0.1) is 17.8 Å². The van der Waals surface area contributed by atoms with Crippen molar-refractivity contribution in [3.05, 3.63) is 71.3 Å². The number of aliphatic hydroxyl groups is 2. The molecule has 1 saturated heterocycles. The lowest BCUT2D eigenvalue weighted by atomic mass is 10.0. The minimum Gasteiger partial charge on any atom is -0.393 e. The fourth-order valence-corrected chi connectivity index (χ4v) is 4.32. The van der Waals surface area contributed by atoms with Crippen molar-refractivity contribution in [1.29, 1.82) is 0 Å². The number of aryl methyl sites for hydroxylation is 1.